The standard InChI is InChI=1S/C21H22N2O5/c1-4-28-20(24)17-18(13-9-11-14(26-2)12-10-13)22-21(25)23-19(17)15-7-5-6-8-16(15)27-3/h5-12,19H,4H2,1-3H3,(H2,22,23,25)/t19-/m1/s1. The molecule has 0 fully saturated rings. The molecule has 0 unspecified atom stereocenters. The van der Waals surface area contributed by atoms with E-state index < -0.39 is 18.0 Å². The Bertz CT molecular complexity index is 905. The van der Waals surface area contributed by atoms with E-state index in [1.54, 1.807) is 57.5 Å². The first kappa shape index (κ1) is 19.3. The number of hydrogen-bond acceptors (Lipinski definition) is 5. The van der Waals surface area contributed by atoms with E-state index in [0.29, 0.717) is 33.9 Å². The highest BCUT2D eigenvalue weighted by atomic mass is 16.5. The van der Waals surface area contributed by atoms with Crippen molar-refractivity contribution in [3.05, 3.63) is 65.2 Å². The number of methoxy groups -OCH3 is 2. The van der Waals surface area contributed by atoms with Gasteiger partial charge in [0, 0.05) is 5.56 Å². The zero-order valence-electron chi connectivity index (χ0n) is 15.9. The summed E-state index contributed by atoms with van der Waals surface area (Å²) in [6.07, 6.45) is 0. The Hall–Kier alpha value is -3.48. The van der Waals surface area contributed by atoms with Crippen molar-refractivity contribution >= 4 is 17.7 Å². The number of nitrogens with one attached hydrogen (secondary N) is 2. The lowest BCUT2D eigenvalue weighted by molar-refractivity contribution is -0.138. The molecule has 0 aromatic heterocycles. The Kier molecular flexibility index (Phi) is 5.84. The second kappa shape index (κ2) is 8.47. The lowest BCUT2D eigenvalue weighted by atomic mass is 9.92. The average molecular weight is 382 g/mol. The quantitative estimate of drug-likeness (QED) is 0.750. The van der Waals surface area contributed by atoms with Crippen molar-refractivity contribution in [1.82, 2.24) is 10.6 Å². The van der Waals surface area contributed by atoms with Gasteiger partial charge in [0.1, 0.15) is 11.5 Å². The lowest BCUT2D eigenvalue weighted by Gasteiger charge is -2.30. The molecular weight excluding hydrogens is 360 g/mol. The van der Waals surface area contributed by atoms with Gasteiger partial charge < -0.3 is 24.8 Å². The van der Waals surface area contributed by atoms with E-state index in [1.165, 1.54) is 0 Å². The van der Waals surface area contributed by atoms with Crippen LogP contribution < -0.4 is 20.1 Å². The van der Waals surface area contributed by atoms with Gasteiger partial charge in [-0.25, -0.2) is 9.59 Å². The largest absolute Gasteiger partial charge is 0.497 e. The first-order chi connectivity index (χ1) is 13.6. The van der Waals surface area contributed by atoms with Gasteiger partial charge in [0.25, 0.3) is 0 Å². The average Bonchev–Trinajstić information content (AvgIpc) is 2.73. The zero-order valence-corrected chi connectivity index (χ0v) is 15.9. The van der Waals surface area contributed by atoms with Crippen LogP contribution in [0.5, 0.6) is 11.5 Å². The molecule has 0 bridgehead atoms. The van der Waals surface area contributed by atoms with Crippen molar-refractivity contribution in [2.75, 3.05) is 20.8 Å². The summed E-state index contributed by atoms with van der Waals surface area (Å²) in [6.45, 7) is 1.95. The molecule has 0 aliphatic carbocycles. The Labute approximate surface area is 163 Å². The predicted molar refractivity (Wildman–Crippen MR) is 104 cm³/mol. The summed E-state index contributed by atoms with van der Waals surface area (Å²) in [4.78, 5) is 25.3. The fourth-order valence-electron chi connectivity index (χ4n) is 3.12. The molecule has 0 saturated heterocycles. The van der Waals surface area contributed by atoms with Gasteiger partial charge in [-0.2, -0.15) is 0 Å². The van der Waals surface area contributed by atoms with Crippen LogP contribution in [0.25, 0.3) is 5.70 Å². The molecule has 0 saturated carbocycles. The highest BCUT2D eigenvalue weighted by Gasteiger charge is 2.35. The SMILES string of the molecule is CCOC(=O)C1=C(c2ccc(OC)cc2)NC(=O)N[C@@H]1c1ccccc1OC. The van der Waals surface area contributed by atoms with Crippen LogP contribution in [0.4, 0.5) is 4.79 Å². The van der Waals surface area contributed by atoms with Crippen LogP contribution in [0, 0.1) is 0 Å². The molecule has 2 N–H and O–H groups in total. The van der Waals surface area contributed by atoms with Crippen molar-refractivity contribution in [3.63, 3.8) is 0 Å². The molecule has 7 nitrogen and oxygen atoms in total. The number of benzene rings is 2. The third-order valence-electron chi connectivity index (χ3n) is 4.40. The number of urea groups is 1. The smallest absolute Gasteiger partial charge is 0.338 e. The molecular formula is C21H22N2O5. The summed E-state index contributed by atoms with van der Waals surface area (Å²) in [5.74, 6) is 0.714. The van der Waals surface area contributed by atoms with Gasteiger partial charge in [-0.15, -0.1) is 0 Å². The maximum absolute atomic E-state index is 12.9. The van der Waals surface area contributed by atoms with Gasteiger partial charge in [0.15, 0.2) is 0 Å². The first-order valence-electron chi connectivity index (χ1n) is 8.85. The number of carbonyl (C=O) groups excluding carboxylic acids is 2. The van der Waals surface area contributed by atoms with Crippen LogP contribution >= 0.6 is 0 Å². The van der Waals surface area contributed by atoms with E-state index in [0.717, 1.165) is 0 Å². The maximum atomic E-state index is 12.9. The molecule has 0 radical (unpaired) electrons. The second-order valence-corrected chi connectivity index (χ2v) is 6.01. The van der Waals surface area contributed by atoms with Gasteiger partial charge >= 0.3 is 12.0 Å². The fourth-order valence-corrected chi connectivity index (χ4v) is 3.12. The summed E-state index contributed by atoms with van der Waals surface area (Å²) in [5, 5.41) is 5.55. The molecule has 3 rings (SSSR count). The van der Waals surface area contributed by atoms with Crippen LogP contribution in [0.15, 0.2) is 54.1 Å². The van der Waals surface area contributed by atoms with E-state index in [1.807, 2.05) is 12.1 Å². The molecule has 0 spiro atoms. The summed E-state index contributed by atoms with van der Waals surface area (Å²) in [6, 6.07) is 13.2. The van der Waals surface area contributed by atoms with Crippen LogP contribution in [0.1, 0.15) is 24.1 Å². The fraction of sp³-hybridized carbons (Fsp3) is 0.238. The molecule has 1 atom stereocenters. The molecule has 1 aliphatic heterocycles. The third-order valence-corrected chi connectivity index (χ3v) is 4.40. The van der Waals surface area contributed by atoms with E-state index >= 15 is 0 Å². The molecule has 2 aromatic carbocycles. The van der Waals surface area contributed by atoms with Crippen LogP contribution in [-0.4, -0.2) is 32.8 Å². The maximum Gasteiger partial charge on any atom is 0.338 e. The summed E-state index contributed by atoms with van der Waals surface area (Å²) >= 11 is 0. The number of ether oxygens (including phenoxy) is 3. The highest BCUT2D eigenvalue weighted by molar-refractivity contribution is 6.04. The Balaban J connectivity index is 2.19. The van der Waals surface area contributed by atoms with Crippen molar-refractivity contribution in [1.29, 1.82) is 0 Å². The van der Waals surface area contributed by atoms with Gasteiger partial charge in [-0.3, -0.25) is 0 Å². The number of amides is 2. The van der Waals surface area contributed by atoms with Crippen molar-refractivity contribution in [3.8, 4) is 11.5 Å². The molecule has 2 amide bonds. The number of rotatable bonds is 6. The van der Waals surface area contributed by atoms with Crippen LogP contribution in [-0.2, 0) is 9.53 Å². The Morgan fingerprint density at radius 3 is 2.39 bits per heavy atom. The number of para-hydroxylation sites is 1. The molecule has 1 aliphatic rings. The Morgan fingerprint density at radius 2 is 1.75 bits per heavy atom. The molecule has 1 heterocycles. The summed E-state index contributed by atoms with van der Waals surface area (Å²) in [7, 11) is 3.11. The molecule has 28 heavy (non-hydrogen) atoms. The summed E-state index contributed by atoms with van der Waals surface area (Å²) < 4.78 is 15.9. The van der Waals surface area contributed by atoms with Gasteiger partial charge in [0.05, 0.1) is 38.1 Å². The number of esters is 1. The highest BCUT2D eigenvalue weighted by Crippen LogP contribution is 2.36. The predicted octanol–water partition coefficient (Wildman–Crippen LogP) is 3.03. The van der Waals surface area contributed by atoms with E-state index in [9.17, 15) is 9.59 Å². The minimum absolute atomic E-state index is 0.213. The second-order valence-electron chi connectivity index (χ2n) is 6.01. The van der Waals surface area contributed by atoms with Gasteiger partial charge in [-0.05, 0) is 42.8 Å². The van der Waals surface area contributed by atoms with Crippen molar-refractivity contribution in [2.45, 2.75) is 13.0 Å². The molecule has 7 heteroatoms. The number of hydrogen-bond donors (Lipinski definition) is 2. The monoisotopic (exact) mass is 382 g/mol. The normalized spacial score (nSPS) is 16.1. The van der Waals surface area contributed by atoms with Crippen LogP contribution in [0.3, 0.4) is 0 Å². The van der Waals surface area contributed by atoms with E-state index in [-0.39, 0.29) is 6.61 Å². The lowest BCUT2D eigenvalue weighted by Crippen LogP contribution is -2.45. The zero-order chi connectivity index (χ0) is 20.1. The molecule has 2 aromatic rings. The van der Waals surface area contributed by atoms with Crippen molar-refractivity contribution < 1.29 is 23.8 Å². The minimum atomic E-state index is -0.721. The van der Waals surface area contributed by atoms with Crippen molar-refractivity contribution in [2.24, 2.45) is 0 Å². The minimum Gasteiger partial charge on any atom is -0.497 e. The summed E-state index contributed by atoms with van der Waals surface area (Å²) in [5.41, 5.74) is 2.02. The third kappa shape index (κ3) is 3.78. The van der Waals surface area contributed by atoms with E-state index in [2.05, 4.69) is 10.6 Å². The first-order valence-corrected chi connectivity index (χ1v) is 8.85. The Morgan fingerprint density at radius 1 is 1.04 bits per heavy atom. The number of carbonyl (C=O) groups is 2. The van der Waals surface area contributed by atoms with Gasteiger partial charge in [-0.1, -0.05) is 18.2 Å². The van der Waals surface area contributed by atoms with Gasteiger partial charge in [0.2, 0.25) is 0 Å². The topological polar surface area (TPSA) is 85.9 Å². The molecule has 146 valence electrons. The van der Waals surface area contributed by atoms with E-state index in [4.69, 9.17) is 14.2 Å². The van der Waals surface area contributed by atoms with Crippen LogP contribution in [0.2, 0.25) is 0 Å².